The molecule has 0 spiro atoms. The number of furan rings is 4. The molecule has 4 aromatic heterocycles. The molecule has 340 valence electrons. The average molecular weight is 925 g/mol. The predicted molar refractivity (Wildman–Crippen MR) is 298 cm³/mol. The van der Waals surface area contributed by atoms with Crippen molar-refractivity contribution in [2.45, 2.75) is 38.5 Å². The van der Waals surface area contributed by atoms with E-state index in [0.717, 1.165) is 126 Å². The molecular formula is C68H44O4. The molecule has 0 atom stereocenters. The van der Waals surface area contributed by atoms with Crippen molar-refractivity contribution in [3.05, 3.63) is 203 Å². The summed E-state index contributed by atoms with van der Waals surface area (Å²) in [5, 5.41) is 13.0. The van der Waals surface area contributed by atoms with E-state index in [4.69, 9.17) is 17.7 Å². The first-order valence-electron chi connectivity index (χ1n) is 24.9. The van der Waals surface area contributed by atoms with Gasteiger partial charge in [-0.15, -0.1) is 0 Å². The molecule has 16 rings (SSSR count). The maximum atomic E-state index is 7.00. The van der Waals surface area contributed by atoms with Gasteiger partial charge in [-0.1, -0.05) is 138 Å². The van der Waals surface area contributed by atoms with E-state index in [-0.39, 0.29) is 10.8 Å². The van der Waals surface area contributed by atoms with Gasteiger partial charge in [-0.05, 0) is 139 Å². The molecule has 4 heterocycles. The average Bonchev–Trinajstić information content (AvgIpc) is 4.23. The van der Waals surface area contributed by atoms with E-state index in [1.807, 2.05) is 6.08 Å². The van der Waals surface area contributed by atoms with Crippen molar-refractivity contribution in [2.75, 3.05) is 0 Å². The van der Waals surface area contributed by atoms with Gasteiger partial charge in [0.15, 0.2) is 0 Å². The van der Waals surface area contributed by atoms with Gasteiger partial charge in [0.25, 0.3) is 0 Å². The molecule has 0 unspecified atom stereocenters. The van der Waals surface area contributed by atoms with Crippen LogP contribution in [0.4, 0.5) is 0 Å². The van der Waals surface area contributed by atoms with E-state index in [9.17, 15) is 0 Å². The quantitative estimate of drug-likeness (QED) is 0.177. The third-order valence-corrected chi connectivity index (χ3v) is 16.7. The number of fused-ring (bicyclic) bond motifs is 22. The summed E-state index contributed by atoms with van der Waals surface area (Å²) in [6.45, 7) is 17.8. The van der Waals surface area contributed by atoms with E-state index in [1.54, 1.807) is 6.08 Å². The van der Waals surface area contributed by atoms with Crippen LogP contribution in [0.3, 0.4) is 0 Å². The first-order chi connectivity index (χ1) is 35.1. The van der Waals surface area contributed by atoms with Crippen molar-refractivity contribution in [2.24, 2.45) is 0 Å². The lowest BCUT2D eigenvalue weighted by molar-refractivity contribution is 0.650. The van der Waals surface area contributed by atoms with Gasteiger partial charge in [0.1, 0.15) is 44.7 Å². The molecule has 4 nitrogen and oxygen atoms in total. The van der Waals surface area contributed by atoms with Gasteiger partial charge in [-0.3, -0.25) is 0 Å². The van der Waals surface area contributed by atoms with Crippen LogP contribution in [-0.4, -0.2) is 0 Å². The van der Waals surface area contributed by atoms with Gasteiger partial charge in [-0.2, -0.15) is 0 Å². The Bertz CT molecular complexity index is 4960. The number of para-hydroxylation sites is 2. The molecule has 14 aromatic rings. The zero-order valence-corrected chi connectivity index (χ0v) is 40.2. The fourth-order valence-electron chi connectivity index (χ4n) is 13.2. The Kier molecular flexibility index (Phi) is 7.49. The first kappa shape index (κ1) is 39.9. The fraction of sp³-hybridized carbons (Fsp3) is 0.0882. The van der Waals surface area contributed by atoms with Crippen molar-refractivity contribution in [3.8, 4) is 44.5 Å². The maximum Gasteiger partial charge on any atom is 0.143 e. The van der Waals surface area contributed by atoms with Crippen LogP contribution in [-0.2, 0) is 10.8 Å². The highest BCUT2D eigenvalue weighted by Crippen LogP contribution is 2.61. The van der Waals surface area contributed by atoms with E-state index in [0.29, 0.717) is 0 Å². The van der Waals surface area contributed by atoms with Crippen LogP contribution < -0.4 is 10.4 Å². The Balaban J connectivity index is 0.919. The minimum atomic E-state index is -0.359. The minimum Gasteiger partial charge on any atom is -0.455 e. The molecule has 72 heavy (non-hydrogen) atoms. The van der Waals surface area contributed by atoms with Gasteiger partial charge < -0.3 is 17.7 Å². The number of benzene rings is 10. The smallest absolute Gasteiger partial charge is 0.143 e. The van der Waals surface area contributed by atoms with Crippen molar-refractivity contribution < 1.29 is 17.7 Å². The highest BCUT2D eigenvalue weighted by molar-refractivity contribution is 6.22. The van der Waals surface area contributed by atoms with Gasteiger partial charge in [0.2, 0.25) is 0 Å². The highest BCUT2D eigenvalue weighted by Gasteiger charge is 2.45. The Morgan fingerprint density at radius 3 is 1.42 bits per heavy atom. The van der Waals surface area contributed by atoms with Gasteiger partial charge in [0.05, 0.1) is 0 Å². The van der Waals surface area contributed by atoms with Crippen LogP contribution in [0.15, 0.2) is 188 Å². The molecule has 0 fully saturated rings. The first-order valence-corrected chi connectivity index (χ1v) is 24.9. The summed E-state index contributed by atoms with van der Waals surface area (Å²) in [6, 6.07) is 57.1. The van der Waals surface area contributed by atoms with Crippen LogP contribution in [0.5, 0.6) is 0 Å². The summed E-state index contributed by atoms with van der Waals surface area (Å²) in [4.78, 5) is 0. The molecule has 0 saturated carbocycles. The maximum absolute atomic E-state index is 7.00. The lowest BCUT2D eigenvalue weighted by Crippen LogP contribution is -2.22. The van der Waals surface area contributed by atoms with E-state index in [1.165, 1.54) is 49.9 Å². The summed E-state index contributed by atoms with van der Waals surface area (Å²) in [6.07, 6.45) is 3.77. The fourth-order valence-corrected chi connectivity index (χ4v) is 13.2. The predicted octanol–water partition coefficient (Wildman–Crippen LogP) is 17.8. The molecule has 2 aliphatic rings. The topological polar surface area (TPSA) is 52.6 Å². The van der Waals surface area contributed by atoms with Crippen molar-refractivity contribution in [1.29, 1.82) is 0 Å². The summed E-state index contributed by atoms with van der Waals surface area (Å²) < 4.78 is 27.4. The molecule has 0 N–H and O–H groups in total. The number of rotatable bonds is 3. The van der Waals surface area contributed by atoms with Crippen LogP contribution in [0.25, 0.3) is 156 Å². The summed E-state index contributed by atoms with van der Waals surface area (Å²) in [5.74, 6) is 0. The lowest BCUT2D eigenvalue weighted by Gasteiger charge is -2.24. The molecule has 0 bridgehead atoms. The van der Waals surface area contributed by atoms with Crippen LogP contribution in [0.1, 0.15) is 49.9 Å². The number of hydrogen-bond donors (Lipinski definition) is 0. The van der Waals surface area contributed by atoms with Crippen molar-refractivity contribution in [3.63, 3.8) is 0 Å². The van der Waals surface area contributed by atoms with Gasteiger partial charge >= 0.3 is 0 Å². The summed E-state index contributed by atoms with van der Waals surface area (Å²) >= 11 is 0. The van der Waals surface area contributed by atoms with Crippen molar-refractivity contribution in [1.82, 2.24) is 0 Å². The molecule has 10 aromatic carbocycles. The Morgan fingerprint density at radius 1 is 0.389 bits per heavy atom. The Morgan fingerprint density at radius 2 is 0.847 bits per heavy atom. The standard InChI is InChI=1S/C68H44O4/c1-7-14-39-35(2)21-25-43-41-26-23-37(29-57(41)71-63(39)43)47-31-53-59(61-45-17-10-12-19-55(45)69-65(47)61)49-33-52-50(34-51(49)67(53,3)4)60-54(68(52,5)6)32-48(66-62(60)46-18-11-13-20-56(46)70-66)38-24-27-42-44-28-22-36-15-8-9-16-40(36)64(44)72-58(42)30-38/h7-34H,1-2H2,3-6H3/b39-14+. The van der Waals surface area contributed by atoms with E-state index in [2.05, 4.69) is 199 Å². The molecule has 0 radical (unpaired) electrons. The third kappa shape index (κ3) is 4.96. The minimum absolute atomic E-state index is 0.353. The van der Waals surface area contributed by atoms with Crippen molar-refractivity contribution >= 4 is 111 Å². The van der Waals surface area contributed by atoms with E-state index < -0.39 is 0 Å². The molecule has 0 aliphatic heterocycles. The third-order valence-electron chi connectivity index (χ3n) is 16.7. The molecule has 0 saturated heterocycles. The molecule has 4 heteroatoms. The number of allylic oxidation sites excluding steroid dienone is 1. The summed E-state index contributed by atoms with van der Waals surface area (Å²) in [7, 11) is 0. The lowest BCUT2D eigenvalue weighted by atomic mass is 9.79. The van der Waals surface area contributed by atoms with Gasteiger partial charge in [-0.25, -0.2) is 0 Å². The zero-order valence-electron chi connectivity index (χ0n) is 40.2. The Hall–Kier alpha value is -8.86. The van der Waals surface area contributed by atoms with Crippen LogP contribution >= 0.6 is 0 Å². The molecular weight excluding hydrogens is 881 g/mol. The second-order valence-electron chi connectivity index (χ2n) is 21.2. The second kappa shape index (κ2) is 13.5. The summed E-state index contributed by atoms with van der Waals surface area (Å²) in [5.41, 5.74) is 20.7. The normalized spacial score (nSPS) is 14.8. The number of hydrogen-bond acceptors (Lipinski definition) is 4. The monoisotopic (exact) mass is 924 g/mol. The molecule has 2 aliphatic carbocycles. The molecule has 0 amide bonds. The largest absolute Gasteiger partial charge is 0.455 e. The highest BCUT2D eigenvalue weighted by atomic mass is 16.3. The van der Waals surface area contributed by atoms with Crippen LogP contribution in [0.2, 0.25) is 0 Å². The SMILES string of the molecule is C=C/C=c1\c(=C)ccc2c1oc1cc(-c3cc4c(c5c3oc3ccccc35)-c3cc5c(cc3C4(C)C)-c3c(cc(-c4ccc6c(c4)oc4c7ccccc7ccc64)c4oc6ccccc6c34)C5(C)C)ccc12. The second-order valence-corrected chi connectivity index (χ2v) is 21.2. The zero-order chi connectivity index (χ0) is 48.1. The van der Waals surface area contributed by atoms with Gasteiger partial charge in [0, 0.05) is 75.7 Å². The van der Waals surface area contributed by atoms with E-state index >= 15 is 0 Å². The van der Waals surface area contributed by atoms with Crippen LogP contribution in [0, 0.1) is 0 Å². The Labute approximate surface area is 413 Å².